The molecule has 0 bridgehead atoms. The third kappa shape index (κ3) is 4.96. The summed E-state index contributed by atoms with van der Waals surface area (Å²) in [6, 6.07) is 0. The predicted molar refractivity (Wildman–Crippen MR) is 101 cm³/mol. The summed E-state index contributed by atoms with van der Waals surface area (Å²) >= 11 is 3.50. The minimum atomic E-state index is 0. The van der Waals surface area contributed by atoms with Crippen molar-refractivity contribution in [2.24, 2.45) is 10.7 Å². The molecule has 0 aromatic carbocycles. The fourth-order valence-corrected chi connectivity index (χ4v) is 2.82. The highest BCUT2D eigenvalue weighted by molar-refractivity contribution is 14.0. The van der Waals surface area contributed by atoms with Crippen molar-refractivity contribution in [2.45, 2.75) is 12.2 Å². The van der Waals surface area contributed by atoms with Crippen molar-refractivity contribution >= 4 is 58.2 Å². The van der Waals surface area contributed by atoms with Crippen molar-refractivity contribution in [1.29, 1.82) is 0 Å². The van der Waals surface area contributed by atoms with Crippen LogP contribution >= 0.6 is 47.1 Å². The Morgan fingerprint density at radius 1 is 1.50 bits per heavy atom. The first kappa shape index (κ1) is 17.8. The number of piperazine rings is 1. The summed E-state index contributed by atoms with van der Waals surface area (Å²) in [5.74, 6) is 0.680. The number of guanidine groups is 1. The molecule has 0 amide bonds. The van der Waals surface area contributed by atoms with Crippen LogP contribution in [0.3, 0.4) is 0 Å². The van der Waals surface area contributed by atoms with Gasteiger partial charge in [0.25, 0.3) is 0 Å². The van der Waals surface area contributed by atoms with Crippen LogP contribution in [0.1, 0.15) is 6.92 Å². The van der Waals surface area contributed by atoms with Crippen LogP contribution in [-0.2, 0) is 0 Å². The molecule has 0 spiro atoms. The van der Waals surface area contributed by atoms with Gasteiger partial charge in [-0.1, -0.05) is 6.92 Å². The minimum Gasteiger partial charge on any atom is -0.370 e. The first-order chi connectivity index (χ1) is 9.20. The molecule has 1 unspecified atom stereocenters. The van der Waals surface area contributed by atoms with Gasteiger partial charge in [0.2, 0.25) is 0 Å². The lowest BCUT2D eigenvalue weighted by Gasteiger charge is -2.35. The van der Waals surface area contributed by atoms with Gasteiger partial charge in [-0.25, -0.2) is 4.98 Å². The maximum absolute atomic E-state index is 6.05. The van der Waals surface area contributed by atoms with Gasteiger partial charge in [-0.3, -0.25) is 4.99 Å². The molecule has 1 atom stereocenters. The van der Waals surface area contributed by atoms with Gasteiger partial charge in [0.05, 0.1) is 6.54 Å². The zero-order chi connectivity index (χ0) is 13.7. The predicted octanol–water partition coefficient (Wildman–Crippen LogP) is 1.95. The van der Waals surface area contributed by atoms with E-state index in [2.05, 4.69) is 33.0 Å². The Kier molecular flexibility index (Phi) is 7.96. The summed E-state index contributed by atoms with van der Waals surface area (Å²) in [6.07, 6.45) is 3.95. The van der Waals surface area contributed by atoms with E-state index in [1.165, 1.54) is 0 Å². The number of halogens is 1. The van der Waals surface area contributed by atoms with Crippen LogP contribution in [0.4, 0.5) is 5.13 Å². The van der Waals surface area contributed by atoms with Crippen LogP contribution in [0.15, 0.2) is 16.6 Å². The van der Waals surface area contributed by atoms with Crippen LogP contribution in [0.25, 0.3) is 0 Å². The lowest BCUT2D eigenvalue weighted by atomic mass is 10.3. The van der Waals surface area contributed by atoms with E-state index in [4.69, 9.17) is 5.73 Å². The molecule has 0 radical (unpaired) electrons. The van der Waals surface area contributed by atoms with Crippen LogP contribution in [-0.4, -0.2) is 60.1 Å². The number of rotatable bonds is 4. The monoisotopic (exact) mass is 427 g/mol. The summed E-state index contributed by atoms with van der Waals surface area (Å²) in [4.78, 5) is 13.3. The molecular formula is C12H22IN5S2. The number of anilines is 1. The molecule has 2 heterocycles. The second-order valence-electron chi connectivity index (χ2n) is 4.53. The second-order valence-corrected chi connectivity index (χ2v) is 6.68. The standard InChI is InChI=1S/C12H21N5S2.HI/c1-10(18-2)9-15-11(13)16-4-6-17(7-5-16)12-14-3-8-19-12;/h3,8,10H,4-7,9H2,1-2H3,(H2,13,15);1H. The van der Waals surface area contributed by atoms with Crippen molar-refractivity contribution in [3.05, 3.63) is 11.6 Å². The third-order valence-electron chi connectivity index (χ3n) is 3.21. The average Bonchev–Trinajstić information content (AvgIpc) is 2.98. The van der Waals surface area contributed by atoms with Gasteiger partial charge in [-0.2, -0.15) is 11.8 Å². The second kappa shape index (κ2) is 8.93. The Balaban J connectivity index is 0.00000200. The molecule has 2 N–H and O–H groups in total. The van der Waals surface area contributed by atoms with E-state index in [0.717, 1.165) is 37.9 Å². The molecule has 2 rings (SSSR count). The van der Waals surface area contributed by atoms with Crippen molar-refractivity contribution in [1.82, 2.24) is 9.88 Å². The van der Waals surface area contributed by atoms with Crippen LogP contribution in [0.2, 0.25) is 0 Å². The van der Waals surface area contributed by atoms with Gasteiger partial charge in [0.1, 0.15) is 0 Å². The van der Waals surface area contributed by atoms with E-state index in [9.17, 15) is 0 Å². The summed E-state index contributed by atoms with van der Waals surface area (Å²) in [6.45, 7) is 6.72. The molecule has 0 aliphatic carbocycles. The summed E-state index contributed by atoms with van der Waals surface area (Å²) < 4.78 is 0. The number of aromatic nitrogens is 1. The number of hydrogen-bond donors (Lipinski definition) is 1. The van der Waals surface area contributed by atoms with Gasteiger partial charge >= 0.3 is 0 Å². The smallest absolute Gasteiger partial charge is 0.191 e. The highest BCUT2D eigenvalue weighted by atomic mass is 127. The number of nitrogens with zero attached hydrogens (tertiary/aromatic N) is 4. The van der Waals surface area contributed by atoms with Crippen molar-refractivity contribution in [3.63, 3.8) is 0 Å². The SMILES string of the molecule is CSC(C)CN=C(N)N1CCN(c2nccs2)CC1.I. The van der Waals surface area contributed by atoms with E-state index in [1.54, 1.807) is 11.3 Å². The maximum Gasteiger partial charge on any atom is 0.191 e. The molecule has 1 aromatic rings. The van der Waals surface area contributed by atoms with E-state index < -0.39 is 0 Å². The molecule has 1 fully saturated rings. The number of thioether (sulfide) groups is 1. The van der Waals surface area contributed by atoms with Gasteiger partial charge in [0, 0.05) is 43.0 Å². The molecule has 114 valence electrons. The third-order valence-corrected chi connectivity index (χ3v) is 4.99. The Hall–Kier alpha value is -0.220. The maximum atomic E-state index is 6.05. The molecule has 20 heavy (non-hydrogen) atoms. The van der Waals surface area contributed by atoms with Crippen LogP contribution < -0.4 is 10.6 Å². The molecule has 1 aliphatic rings. The molecule has 8 heteroatoms. The fraction of sp³-hybridized carbons (Fsp3) is 0.667. The van der Waals surface area contributed by atoms with Crippen LogP contribution in [0.5, 0.6) is 0 Å². The fourth-order valence-electron chi connectivity index (χ4n) is 1.90. The zero-order valence-electron chi connectivity index (χ0n) is 11.9. The van der Waals surface area contributed by atoms with E-state index in [1.807, 2.05) is 23.3 Å². The lowest BCUT2D eigenvalue weighted by molar-refractivity contribution is 0.380. The van der Waals surface area contributed by atoms with E-state index in [-0.39, 0.29) is 24.0 Å². The summed E-state index contributed by atoms with van der Waals surface area (Å²) in [5, 5.41) is 3.64. The number of aliphatic imine (C=N–C) groups is 1. The molecule has 5 nitrogen and oxygen atoms in total. The van der Waals surface area contributed by atoms with E-state index in [0.29, 0.717) is 11.2 Å². The van der Waals surface area contributed by atoms with Gasteiger partial charge in [0.15, 0.2) is 11.1 Å². The highest BCUT2D eigenvalue weighted by Crippen LogP contribution is 2.18. The molecular weight excluding hydrogens is 405 g/mol. The Morgan fingerprint density at radius 2 is 2.20 bits per heavy atom. The Bertz CT molecular complexity index is 404. The molecule has 1 saturated heterocycles. The normalized spacial score (nSPS) is 17.8. The largest absolute Gasteiger partial charge is 0.370 e. The Labute approximate surface area is 146 Å². The quantitative estimate of drug-likeness (QED) is 0.452. The van der Waals surface area contributed by atoms with E-state index >= 15 is 0 Å². The topological polar surface area (TPSA) is 57.8 Å². The van der Waals surface area contributed by atoms with Crippen molar-refractivity contribution in [3.8, 4) is 0 Å². The highest BCUT2D eigenvalue weighted by Gasteiger charge is 2.19. The van der Waals surface area contributed by atoms with Gasteiger partial charge < -0.3 is 15.5 Å². The first-order valence-corrected chi connectivity index (χ1v) is 8.59. The van der Waals surface area contributed by atoms with Gasteiger partial charge in [-0.15, -0.1) is 35.3 Å². The lowest BCUT2D eigenvalue weighted by Crippen LogP contribution is -2.51. The zero-order valence-corrected chi connectivity index (χ0v) is 15.8. The van der Waals surface area contributed by atoms with Crippen molar-refractivity contribution < 1.29 is 0 Å². The minimum absolute atomic E-state index is 0. The van der Waals surface area contributed by atoms with Crippen LogP contribution in [0, 0.1) is 0 Å². The van der Waals surface area contributed by atoms with Gasteiger partial charge in [-0.05, 0) is 6.26 Å². The number of thiazole rings is 1. The number of hydrogen-bond acceptors (Lipinski definition) is 5. The molecule has 0 saturated carbocycles. The first-order valence-electron chi connectivity index (χ1n) is 6.43. The molecule has 1 aromatic heterocycles. The molecule has 1 aliphatic heterocycles. The van der Waals surface area contributed by atoms with Crippen molar-refractivity contribution in [2.75, 3.05) is 43.9 Å². The summed E-state index contributed by atoms with van der Waals surface area (Å²) in [5.41, 5.74) is 6.05. The summed E-state index contributed by atoms with van der Waals surface area (Å²) in [7, 11) is 0. The number of nitrogens with two attached hydrogens (primary N) is 1. The Morgan fingerprint density at radius 3 is 2.75 bits per heavy atom. The average molecular weight is 427 g/mol.